The van der Waals surface area contributed by atoms with E-state index in [1.54, 1.807) is 0 Å². The Balaban J connectivity index is 1.46. The van der Waals surface area contributed by atoms with Gasteiger partial charge in [-0.2, -0.15) is 9.36 Å². The maximum absolute atomic E-state index is 4.55. The van der Waals surface area contributed by atoms with Crippen LogP contribution < -0.4 is 5.32 Å². The zero-order valence-electron chi connectivity index (χ0n) is 12.8. The van der Waals surface area contributed by atoms with Crippen molar-refractivity contribution >= 4 is 16.7 Å². The molecule has 0 aliphatic carbocycles. The van der Waals surface area contributed by atoms with E-state index in [4.69, 9.17) is 0 Å². The van der Waals surface area contributed by atoms with Crippen molar-refractivity contribution in [2.24, 2.45) is 0 Å². The van der Waals surface area contributed by atoms with Crippen LogP contribution >= 0.6 is 11.5 Å². The van der Waals surface area contributed by atoms with Crippen LogP contribution in [-0.4, -0.2) is 24.1 Å². The van der Waals surface area contributed by atoms with Crippen molar-refractivity contribution in [3.8, 4) is 11.4 Å². The molecule has 0 fully saturated rings. The van der Waals surface area contributed by atoms with Crippen LogP contribution in [0.5, 0.6) is 0 Å². The van der Waals surface area contributed by atoms with Gasteiger partial charge in [0.2, 0.25) is 5.13 Å². The van der Waals surface area contributed by atoms with Gasteiger partial charge in [-0.1, -0.05) is 36.8 Å². The maximum atomic E-state index is 4.55. The normalized spacial score (nSPS) is 14.3. The highest BCUT2D eigenvalue weighted by atomic mass is 32.1. The summed E-state index contributed by atoms with van der Waals surface area (Å²) >= 11 is 1.38. The number of nitrogens with one attached hydrogen (secondary N) is 1. The highest BCUT2D eigenvalue weighted by Gasteiger charge is 2.15. The van der Waals surface area contributed by atoms with E-state index in [2.05, 4.69) is 29.4 Å². The topological polar surface area (TPSA) is 68.5 Å². The minimum atomic E-state index is 0.635. The van der Waals surface area contributed by atoms with Crippen LogP contribution in [0.25, 0.3) is 11.4 Å². The number of hydrogen-bond acceptors (Lipinski definition) is 6. The van der Waals surface area contributed by atoms with Crippen LogP contribution in [0.1, 0.15) is 30.9 Å². The van der Waals surface area contributed by atoms with Crippen molar-refractivity contribution in [1.29, 1.82) is 0 Å². The van der Waals surface area contributed by atoms with E-state index in [0.29, 0.717) is 6.54 Å². The Kier molecular flexibility index (Phi) is 4.02. The summed E-state index contributed by atoms with van der Waals surface area (Å²) in [5.74, 6) is 2.86. The summed E-state index contributed by atoms with van der Waals surface area (Å²) < 4.78 is 6.66. The van der Waals surface area contributed by atoms with Gasteiger partial charge in [0.1, 0.15) is 5.82 Å². The maximum Gasteiger partial charge on any atom is 0.203 e. The third kappa shape index (κ3) is 3.10. The first kappa shape index (κ1) is 14.3. The molecule has 4 rings (SSSR count). The minimum absolute atomic E-state index is 0.635. The lowest BCUT2D eigenvalue weighted by molar-refractivity contribution is 0.610. The second kappa shape index (κ2) is 6.45. The molecule has 1 aliphatic heterocycles. The van der Waals surface area contributed by atoms with Gasteiger partial charge in [0.15, 0.2) is 11.6 Å². The van der Waals surface area contributed by atoms with Gasteiger partial charge in [0, 0.05) is 30.1 Å². The molecular formula is C16H18N6S. The highest BCUT2D eigenvalue weighted by molar-refractivity contribution is 7.09. The summed E-state index contributed by atoms with van der Waals surface area (Å²) in [7, 11) is 0. The molecule has 23 heavy (non-hydrogen) atoms. The predicted molar refractivity (Wildman–Crippen MR) is 90.2 cm³/mol. The van der Waals surface area contributed by atoms with Crippen molar-refractivity contribution in [3.05, 3.63) is 42.0 Å². The summed E-state index contributed by atoms with van der Waals surface area (Å²) in [5.41, 5.74) is 1.04. The zero-order valence-corrected chi connectivity index (χ0v) is 13.6. The van der Waals surface area contributed by atoms with Crippen LogP contribution in [0, 0.1) is 0 Å². The van der Waals surface area contributed by atoms with Crippen LogP contribution in [-0.2, 0) is 19.5 Å². The lowest BCUT2D eigenvalue weighted by Gasteiger charge is -2.06. The lowest BCUT2D eigenvalue weighted by atomic mass is 10.2. The Morgan fingerprint density at radius 2 is 2.00 bits per heavy atom. The van der Waals surface area contributed by atoms with Gasteiger partial charge in [-0.25, -0.2) is 0 Å². The molecule has 0 amide bonds. The fourth-order valence-corrected chi connectivity index (χ4v) is 3.41. The van der Waals surface area contributed by atoms with Gasteiger partial charge < -0.3 is 9.88 Å². The quantitative estimate of drug-likeness (QED) is 0.798. The van der Waals surface area contributed by atoms with Gasteiger partial charge in [-0.15, -0.1) is 10.2 Å². The molecule has 7 heteroatoms. The summed E-state index contributed by atoms with van der Waals surface area (Å²) in [6.07, 6.45) is 4.72. The third-order valence-corrected chi connectivity index (χ3v) is 4.71. The molecule has 3 heterocycles. The molecule has 0 saturated carbocycles. The molecule has 0 radical (unpaired) electrons. The molecule has 1 aliphatic rings. The van der Waals surface area contributed by atoms with E-state index < -0.39 is 0 Å². The zero-order chi connectivity index (χ0) is 15.5. The van der Waals surface area contributed by atoms with E-state index in [0.717, 1.165) is 41.1 Å². The average molecular weight is 326 g/mol. The van der Waals surface area contributed by atoms with Crippen LogP contribution in [0.3, 0.4) is 0 Å². The number of anilines is 1. The number of aromatic nitrogens is 5. The Labute approximate surface area is 138 Å². The molecule has 0 atom stereocenters. The lowest BCUT2D eigenvalue weighted by Crippen LogP contribution is -2.10. The van der Waals surface area contributed by atoms with E-state index in [1.807, 2.05) is 30.3 Å². The Hall–Kier alpha value is -2.28. The SMILES string of the molecule is c1ccc(-c2nsc(NCc3nnc4n3CCCCC4)n2)cc1. The van der Waals surface area contributed by atoms with Crippen molar-refractivity contribution in [2.75, 3.05) is 5.32 Å². The molecule has 1 aromatic carbocycles. The molecule has 0 bridgehead atoms. The molecule has 6 nitrogen and oxygen atoms in total. The fraction of sp³-hybridized carbons (Fsp3) is 0.375. The number of fused-ring (bicyclic) bond motifs is 1. The number of nitrogens with zero attached hydrogens (tertiary/aromatic N) is 5. The molecule has 0 unspecified atom stereocenters. The van der Waals surface area contributed by atoms with E-state index in [9.17, 15) is 0 Å². The fourth-order valence-electron chi connectivity index (χ4n) is 2.83. The Morgan fingerprint density at radius 3 is 2.91 bits per heavy atom. The standard InChI is InChI=1S/C16H18N6S/c1-3-7-12(8-4-1)15-18-16(23-21-15)17-11-14-20-19-13-9-5-2-6-10-22(13)14/h1,3-4,7-8H,2,5-6,9-11H2,(H,17,18,21). The highest BCUT2D eigenvalue weighted by Crippen LogP contribution is 2.21. The van der Waals surface area contributed by atoms with Crippen LogP contribution in [0.4, 0.5) is 5.13 Å². The molecular weight excluding hydrogens is 308 g/mol. The first-order chi connectivity index (χ1) is 11.4. The van der Waals surface area contributed by atoms with Gasteiger partial charge >= 0.3 is 0 Å². The smallest absolute Gasteiger partial charge is 0.203 e. The molecule has 118 valence electrons. The molecule has 1 N–H and O–H groups in total. The number of hydrogen-bond donors (Lipinski definition) is 1. The Morgan fingerprint density at radius 1 is 1.09 bits per heavy atom. The van der Waals surface area contributed by atoms with Gasteiger partial charge in [-0.3, -0.25) is 0 Å². The van der Waals surface area contributed by atoms with E-state index in [1.165, 1.54) is 30.8 Å². The molecule has 0 saturated heterocycles. The summed E-state index contributed by atoms with van der Waals surface area (Å²) in [4.78, 5) is 4.55. The van der Waals surface area contributed by atoms with Crippen molar-refractivity contribution in [2.45, 2.75) is 38.8 Å². The first-order valence-electron chi connectivity index (χ1n) is 7.94. The summed E-state index contributed by atoms with van der Waals surface area (Å²) in [6.45, 7) is 1.65. The van der Waals surface area contributed by atoms with Crippen LogP contribution in [0.15, 0.2) is 30.3 Å². The van der Waals surface area contributed by atoms with Crippen molar-refractivity contribution in [3.63, 3.8) is 0 Å². The summed E-state index contributed by atoms with van der Waals surface area (Å²) in [5, 5.41) is 12.8. The molecule has 2 aromatic heterocycles. The first-order valence-corrected chi connectivity index (χ1v) is 8.71. The number of rotatable bonds is 4. The average Bonchev–Trinajstić information content (AvgIpc) is 3.15. The Bertz CT molecular complexity index is 779. The number of benzene rings is 1. The van der Waals surface area contributed by atoms with Crippen molar-refractivity contribution < 1.29 is 0 Å². The van der Waals surface area contributed by atoms with Crippen LogP contribution in [0.2, 0.25) is 0 Å². The largest absolute Gasteiger partial charge is 0.353 e. The number of aryl methyl sites for hydroxylation is 1. The minimum Gasteiger partial charge on any atom is -0.353 e. The van der Waals surface area contributed by atoms with E-state index in [-0.39, 0.29) is 0 Å². The third-order valence-electron chi connectivity index (χ3n) is 4.04. The predicted octanol–water partition coefficient (Wildman–Crippen LogP) is 3.14. The van der Waals surface area contributed by atoms with Gasteiger partial charge in [0.25, 0.3) is 0 Å². The monoisotopic (exact) mass is 326 g/mol. The molecule has 3 aromatic rings. The second-order valence-electron chi connectivity index (χ2n) is 5.64. The second-order valence-corrected chi connectivity index (χ2v) is 6.39. The summed E-state index contributed by atoms with van der Waals surface area (Å²) in [6, 6.07) is 10.0. The molecule has 0 spiro atoms. The van der Waals surface area contributed by atoms with Crippen molar-refractivity contribution in [1.82, 2.24) is 24.1 Å². The van der Waals surface area contributed by atoms with E-state index >= 15 is 0 Å². The van der Waals surface area contributed by atoms with Gasteiger partial charge in [-0.05, 0) is 12.8 Å². The van der Waals surface area contributed by atoms with Gasteiger partial charge in [0.05, 0.1) is 6.54 Å².